The maximum Gasteiger partial charge on any atom is 0.340 e. The zero-order valence-electron chi connectivity index (χ0n) is 7.57. The first-order valence-corrected chi connectivity index (χ1v) is 4.03. The molecule has 0 aliphatic heterocycles. The average Bonchev–Trinajstić information content (AvgIpc) is 2.62. The van der Waals surface area contributed by atoms with Gasteiger partial charge in [0, 0.05) is 5.69 Å². The van der Waals surface area contributed by atoms with Gasteiger partial charge < -0.3 is 15.5 Å². The highest BCUT2D eigenvalue weighted by atomic mass is 16.5. The Morgan fingerprint density at radius 3 is 3.07 bits per heavy atom. The van der Waals surface area contributed by atoms with Crippen molar-refractivity contribution in [1.82, 2.24) is 9.97 Å². The van der Waals surface area contributed by atoms with Crippen LogP contribution in [0.25, 0.3) is 11.0 Å². The second-order valence-electron chi connectivity index (χ2n) is 2.85. The predicted octanol–water partition coefficient (Wildman–Crippen LogP) is 0.932. The Labute approximate surface area is 79.9 Å². The van der Waals surface area contributed by atoms with Gasteiger partial charge in [-0.3, -0.25) is 0 Å². The lowest BCUT2D eigenvalue weighted by molar-refractivity contribution is 0.0602. The van der Waals surface area contributed by atoms with E-state index in [2.05, 4.69) is 14.7 Å². The van der Waals surface area contributed by atoms with Crippen LogP contribution < -0.4 is 5.73 Å². The molecule has 14 heavy (non-hydrogen) atoms. The summed E-state index contributed by atoms with van der Waals surface area (Å²) in [4.78, 5) is 18.2. The number of carbonyl (C=O) groups excluding carboxylic acids is 1. The number of benzene rings is 1. The number of nitrogens with one attached hydrogen (secondary N) is 1. The minimum Gasteiger partial charge on any atom is -0.465 e. The summed E-state index contributed by atoms with van der Waals surface area (Å²) in [5.41, 5.74) is 7.89. The highest BCUT2D eigenvalue weighted by molar-refractivity contribution is 5.99. The molecular weight excluding hydrogens is 182 g/mol. The molecule has 2 aromatic rings. The van der Waals surface area contributed by atoms with Gasteiger partial charge in [0.25, 0.3) is 0 Å². The molecule has 0 atom stereocenters. The molecule has 3 N–H and O–H groups in total. The van der Waals surface area contributed by atoms with E-state index in [9.17, 15) is 4.79 Å². The topological polar surface area (TPSA) is 81.0 Å². The minimum atomic E-state index is -0.445. The van der Waals surface area contributed by atoms with Gasteiger partial charge in [0.1, 0.15) is 0 Å². The number of esters is 1. The van der Waals surface area contributed by atoms with Gasteiger partial charge in [0.15, 0.2) is 0 Å². The molecule has 0 aliphatic rings. The lowest BCUT2D eigenvalue weighted by Gasteiger charge is -2.02. The SMILES string of the molecule is COC(=O)c1cc2[nH]cnc2cc1N. The number of hydrogen-bond donors (Lipinski definition) is 2. The molecule has 0 amide bonds. The van der Waals surface area contributed by atoms with E-state index in [1.807, 2.05) is 0 Å². The highest BCUT2D eigenvalue weighted by Gasteiger charge is 2.11. The normalized spacial score (nSPS) is 10.4. The van der Waals surface area contributed by atoms with Gasteiger partial charge in [-0.25, -0.2) is 9.78 Å². The van der Waals surface area contributed by atoms with Gasteiger partial charge in [0.05, 0.1) is 30.0 Å². The number of hydrogen-bond acceptors (Lipinski definition) is 4. The summed E-state index contributed by atoms with van der Waals surface area (Å²) in [6.07, 6.45) is 1.55. The third kappa shape index (κ3) is 1.19. The quantitative estimate of drug-likeness (QED) is 0.519. The van der Waals surface area contributed by atoms with Gasteiger partial charge in [-0.1, -0.05) is 0 Å². The number of nitrogens with two attached hydrogens (primary N) is 1. The van der Waals surface area contributed by atoms with Crippen LogP contribution in [0.2, 0.25) is 0 Å². The number of nitrogen functional groups attached to an aromatic ring is 1. The van der Waals surface area contributed by atoms with Crippen molar-refractivity contribution < 1.29 is 9.53 Å². The number of anilines is 1. The average molecular weight is 191 g/mol. The summed E-state index contributed by atoms with van der Waals surface area (Å²) in [5, 5.41) is 0. The molecule has 0 aliphatic carbocycles. The lowest BCUT2D eigenvalue weighted by atomic mass is 10.1. The summed E-state index contributed by atoms with van der Waals surface area (Å²) < 4.78 is 4.59. The van der Waals surface area contributed by atoms with E-state index in [-0.39, 0.29) is 0 Å². The van der Waals surface area contributed by atoms with Crippen LogP contribution in [-0.2, 0) is 4.74 Å². The second-order valence-corrected chi connectivity index (χ2v) is 2.85. The number of aromatic nitrogens is 2. The molecule has 2 rings (SSSR count). The number of ether oxygens (including phenoxy) is 1. The maximum atomic E-state index is 11.3. The fourth-order valence-corrected chi connectivity index (χ4v) is 1.28. The molecule has 0 radical (unpaired) electrons. The van der Waals surface area contributed by atoms with Crippen LogP contribution in [0, 0.1) is 0 Å². The summed E-state index contributed by atoms with van der Waals surface area (Å²) in [5.74, 6) is -0.445. The zero-order chi connectivity index (χ0) is 10.1. The Balaban J connectivity index is 2.64. The molecule has 0 saturated carbocycles. The first-order valence-electron chi connectivity index (χ1n) is 4.03. The number of imidazole rings is 1. The Bertz CT molecular complexity index is 490. The standard InChI is InChI=1S/C9H9N3O2/c1-14-9(13)5-2-7-8(3-6(5)10)12-4-11-7/h2-4H,10H2,1H3,(H,11,12). The van der Waals surface area contributed by atoms with Crippen molar-refractivity contribution in [2.75, 3.05) is 12.8 Å². The van der Waals surface area contributed by atoms with Crippen molar-refractivity contribution in [3.05, 3.63) is 24.0 Å². The predicted molar refractivity (Wildman–Crippen MR) is 51.8 cm³/mol. The van der Waals surface area contributed by atoms with E-state index in [4.69, 9.17) is 5.73 Å². The van der Waals surface area contributed by atoms with Crippen LogP contribution in [0.1, 0.15) is 10.4 Å². The van der Waals surface area contributed by atoms with E-state index in [0.29, 0.717) is 11.3 Å². The molecule has 1 aromatic carbocycles. The van der Waals surface area contributed by atoms with E-state index in [1.54, 1.807) is 18.5 Å². The van der Waals surface area contributed by atoms with E-state index < -0.39 is 5.97 Å². The number of nitrogens with zero attached hydrogens (tertiary/aromatic N) is 1. The maximum absolute atomic E-state index is 11.3. The lowest BCUT2D eigenvalue weighted by Crippen LogP contribution is -2.05. The van der Waals surface area contributed by atoms with Crippen molar-refractivity contribution in [1.29, 1.82) is 0 Å². The Kier molecular flexibility index (Phi) is 1.85. The number of aromatic amines is 1. The van der Waals surface area contributed by atoms with Crippen molar-refractivity contribution in [2.24, 2.45) is 0 Å². The number of H-pyrrole nitrogens is 1. The summed E-state index contributed by atoms with van der Waals surface area (Å²) in [6.45, 7) is 0. The number of carbonyl (C=O) groups is 1. The van der Waals surface area contributed by atoms with Gasteiger partial charge >= 0.3 is 5.97 Å². The molecule has 1 aromatic heterocycles. The smallest absolute Gasteiger partial charge is 0.340 e. The van der Waals surface area contributed by atoms with Gasteiger partial charge in [0.2, 0.25) is 0 Å². The molecule has 1 heterocycles. The van der Waals surface area contributed by atoms with Crippen LogP contribution in [0.3, 0.4) is 0 Å². The molecule has 0 fully saturated rings. The van der Waals surface area contributed by atoms with Crippen molar-refractivity contribution in [3.8, 4) is 0 Å². The largest absolute Gasteiger partial charge is 0.465 e. The molecule has 5 nitrogen and oxygen atoms in total. The fourth-order valence-electron chi connectivity index (χ4n) is 1.28. The highest BCUT2D eigenvalue weighted by Crippen LogP contribution is 2.19. The molecule has 0 saturated heterocycles. The van der Waals surface area contributed by atoms with Crippen LogP contribution in [0.15, 0.2) is 18.5 Å². The van der Waals surface area contributed by atoms with Crippen molar-refractivity contribution >= 4 is 22.7 Å². The summed E-state index contributed by atoms with van der Waals surface area (Å²) in [7, 11) is 1.32. The molecule has 5 heteroatoms. The monoisotopic (exact) mass is 191 g/mol. The van der Waals surface area contributed by atoms with Crippen LogP contribution >= 0.6 is 0 Å². The van der Waals surface area contributed by atoms with Gasteiger partial charge in [-0.05, 0) is 12.1 Å². The number of methoxy groups -OCH3 is 1. The van der Waals surface area contributed by atoms with Crippen LogP contribution in [0.4, 0.5) is 5.69 Å². The van der Waals surface area contributed by atoms with Crippen LogP contribution in [-0.4, -0.2) is 23.0 Å². The third-order valence-corrected chi connectivity index (χ3v) is 2.00. The second kappa shape index (κ2) is 3.02. The van der Waals surface area contributed by atoms with E-state index in [1.165, 1.54) is 7.11 Å². The first kappa shape index (κ1) is 8.55. The molecule has 0 unspecified atom stereocenters. The minimum absolute atomic E-state index is 0.351. The Hall–Kier alpha value is -2.04. The summed E-state index contributed by atoms with van der Waals surface area (Å²) >= 11 is 0. The number of fused-ring (bicyclic) bond motifs is 1. The molecular formula is C9H9N3O2. The number of rotatable bonds is 1. The van der Waals surface area contributed by atoms with Crippen molar-refractivity contribution in [2.45, 2.75) is 0 Å². The first-order chi connectivity index (χ1) is 6.72. The van der Waals surface area contributed by atoms with Gasteiger partial charge in [-0.15, -0.1) is 0 Å². The van der Waals surface area contributed by atoms with E-state index >= 15 is 0 Å². The molecule has 0 spiro atoms. The third-order valence-electron chi connectivity index (χ3n) is 2.00. The Morgan fingerprint density at radius 2 is 2.36 bits per heavy atom. The molecule has 72 valence electrons. The Morgan fingerprint density at radius 1 is 1.57 bits per heavy atom. The van der Waals surface area contributed by atoms with E-state index in [0.717, 1.165) is 11.0 Å². The zero-order valence-corrected chi connectivity index (χ0v) is 7.57. The van der Waals surface area contributed by atoms with Crippen LogP contribution in [0.5, 0.6) is 0 Å². The fraction of sp³-hybridized carbons (Fsp3) is 0.111. The van der Waals surface area contributed by atoms with Crippen molar-refractivity contribution in [3.63, 3.8) is 0 Å². The van der Waals surface area contributed by atoms with Gasteiger partial charge in [-0.2, -0.15) is 0 Å². The summed E-state index contributed by atoms with van der Waals surface area (Å²) in [6, 6.07) is 3.27. The molecule has 0 bridgehead atoms.